The van der Waals surface area contributed by atoms with Crippen LogP contribution in [0.25, 0.3) is 11.4 Å². The lowest BCUT2D eigenvalue weighted by molar-refractivity contribution is -0.384. The number of aryl methyl sites for hydroxylation is 1. The molecule has 10 heteroatoms. The summed E-state index contributed by atoms with van der Waals surface area (Å²) in [7, 11) is 0. The normalized spacial score (nSPS) is 10.9. The van der Waals surface area contributed by atoms with Gasteiger partial charge < -0.3 is 9.88 Å². The highest BCUT2D eigenvalue weighted by Gasteiger charge is 2.16. The van der Waals surface area contributed by atoms with E-state index in [9.17, 15) is 14.9 Å². The van der Waals surface area contributed by atoms with Crippen molar-refractivity contribution in [3.63, 3.8) is 0 Å². The number of amides is 1. The highest BCUT2D eigenvalue weighted by Crippen LogP contribution is 2.29. The van der Waals surface area contributed by atoms with E-state index < -0.39 is 4.92 Å². The van der Waals surface area contributed by atoms with Gasteiger partial charge in [0.05, 0.1) is 10.7 Å². The van der Waals surface area contributed by atoms with E-state index in [1.807, 2.05) is 0 Å². The van der Waals surface area contributed by atoms with Crippen molar-refractivity contribution in [3.05, 3.63) is 50.7 Å². The molecule has 0 aliphatic rings. The molecule has 1 aromatic carbocycles. The number of hydrogen-bond acceptors (Lipinski definition) is 7. The van der Waals surface area contributed by atoms with E-state index in [0.29, 0.717) is 10.8 Å². The molecule has 0 bridgehead atoms. The lowest BCUT2D eigenvalue weighted by atomic mass is 10.2. The summed E-state index contributed by atoms with van der Waals surface area (Å²) in [6.07, 6.45) is 3.09. The lowest BCUT2D eigenvalue weighted by Crippen LogP contribution is -2.14. The predicted molar refractivity (Wildman–Crippen MR) is 120 cm³/mol. The van der Waals surface area contributed by atoms with Crippen LogP contribution in [0.5, 0.6) is 0 Å². The van der Waals surface area contributed by atoms with Gasteiger partial charge in [0.15, 0.2) is 11.0 Å². The van der Waals surface area contributed by atoms with Crippen molar-refractivity contribution in [2.75, 3.05) is 11.1 Å². The molecule has 0 unspecified atom stereocenters. The van der Waals surface area contributed by atoms with E-state index in [1.54, 1.807) is 11.3 Å². The van der Waals surface area contributed by atoms with Gasteiger partial charge in [-0.05, 0) is 31.0 Å². The molecule has 0 spiro atoms. The maximum atomic E-state index is 12.3. The fourth-order valence-electron chi connectivity index (χ4n) is 2.90. The third-order valence-electron chi connectivity index (χ3n) is 4.27. The molecule has 8 nitrogen and oxygen atoms in total. The highest BCUT2D eigenvalue weighted by atomic mass is 32.2. The van der Waals surface area contributed by atoms with E-state index in [1.165, 1.54) is 40.9 Å². The van der Waals surface area contributed by atoms with Gasteiger partial charge in [0.25, 0.3) is 5.69 Å². The van der Waals surface area contributed by atoms with E-state index >= 15 is 0 Å². The molecule has 0 saturated heterocycles. The Hall–Kier alpha value is -2.72. The van der Waals surface area contributed by atoms with Crippen molar-refractivity contribution in [2.45, 2.75) is 44.8 Å². The van der Waals surface area contributed by atoms with Gasteiger partial charge >= 0.3 is 0 Å². The quantitative estimate of drug-likeness (QED) is 0.267. The summed E-state index contributed by atoms with van der Waals surface area (Å²) in [4.78, 5) is 23.9. The summed E-state index contributed by atoms with van der Waals surface area (Å²) in [6, 6.07) is 7.92. The Morgan fingerprint density at radius 3 is 2.67 bits per heavy atom. The van der Waals surface area contributed by atoms with Crippen LogP contribution in [0.2, 0.25) is 0 Å². The smallest absolute Gasteiger partial charge is 0.269 e. The van der Waals surface area contributed by atoms with Crippen LogP contribution >= 0.6 is 23.1 Å². The number of rotatable bonds is 10. The second kappa shape index (κ2) is 10.4. The third-order valence-corrected chi connectivity index (χ3v) is 6.23. The number of non-ortho nitro benzene ring substituents is 1. The summed E-state index contributed by atoms with van der Waals surface area (Å²) >= 11 is 3.06. The van der Waals surface area contributed by atoms with E-state index in [4.69, 9.17) is 0 Å². The summed E-state index contributed by atoms with van der Waals surface area (Å²) in [5.74, 6) is 0.791. The first-order valence-corrected chi connectivity index (χ1v) is 11.6. The first-order valence-electron chi connectivity index (χ1n) is 9.69. The topological polar surface area (TPSA) is 103 Å². The van der Waals surface area contributed by atoms with Gasteiger partial charge in [-0.3, -0.25) is 14.9 Å². The molecule has 0 aliphatic carbocycles. The monoisotopic (exact) mass is 445 g/mol. The zero-order valence-electron chi connectivity index (χ0n) is 16.8. The summed E-state index contributed by atoms with van der Waals surface area (Å²) in [6.45, 7) is 5.03. The second-order valence-corrected chi connectivity index (χ2v) is 8.59. The zero-order valence-corrected chi connectivity index (χ0v) is 18.5. The van der Waals surface area contributed by atoms with Gasteiger partial charge in [-0.1, -0.05) is 32.0 Å². The average Bonchev–Trinajstić information content (AvgIpc) is 3.34. The number of nitro groups is 1. The molecule has 3 aromatic rings. The zero-order chi connectivity index (χ0) is 21.5. The maximum Gasteiger partial charge on any atom is 0.269 e. The molecular formula is C20H23N5O3S2. The number of aromatic nitrogens is 3. The van der Waals surface area contributed by atoms with Crippen LogP contribution in [-0.2, 0) is 17.8 Å². The van der Waals surface area contributed by atoms with Crippen molar-refractivity contribution < 1.29 is 9.72 Å². The molecule has 0 fully saturated rings. The van der Waals surface area contributed by atoms with E-state index in [0.717, 1.165) is 37.2 Å². The van der Waals surface area contributed by atoms with Crippen LogP contribution in [-0.4, -0.2) is 31.3 Å². The summed E-state index contributed by atoms with van der Waals surface area (Å²) in [5.41, 5.74) is 1.56. The molecule has 1 amide bonds. The second-order valence-electron chi connectivity index (χ2n) is 6.65. The van der Waals surface area contributed by atoms with E-state index in [2.05, 4.69) is 45.4 Å². The Kier molecular flexibility index (Phi) is 7.58. The Morgan fingerprint density at radius 2 is 2.00 bits per heavy atom. The molecule has 0 atom stereocenters. The summed E-state index contributed by atoms with van der Waals surface area (Å²) in [5, 5.41) is 24.9. The van der Waals surface area contributed by atoms with Crippen LogP contribution < -0.4 is 5.32 Å². The van der Waals surface area contributed by atoms with Gasteiger partial charge in [-0.2, -0.15) is 0 Å². The van der Waals surface area contributed by atoms with Gasteiger partial charge in [-0.15, -0.1) is 21.5 Å². The molecule has 0 radical (unpaired) electrons. The Balaban J connectivity index is 1.66. The van der Waals surface area contributed by atoms with Crippen molar-refractivity contribution >= 4 is 40.4 Å². The molecule has 2 heterocycles. The van der Waals surface area contributed by atoms with Crippen LogP contribution in [0.3, 0.4) is 0 Å². The molecule has 2 aromatic heterocycles. The Bertz CT molecular complexity index is 1010. The molecule has 30 heavy (non-hydrogen) atoms. The van der Waals surface area contributed by atoms with E-state index in [-0.39, 0.29) is 17.3 Å². The Morgan fingerprint density at radius 1 is 1.23 bits per heavy atom. The minimum atomic E-state index is -0.474. The molecule has 3 rings (SSSR count). The maximum absolute atomic E-state index is 12.3. The third kappa shape index (κ3) is 5.45. The first kappa shape index (κ1) is 22.0. The van der Waals surface area contributed by atoms with Crippen LogP contribution in [0.15, 0.2) is 40.9 Å². The van der Waals surface area contributed by atoms with Gasteiger partial charge in [-0.25, -0.2) is 0 Å². The van der Waals surface area contributed by atoms with Crippen LogP contribution in [0, 0.1) is 10.1 Å². The van der Waals surface area contributed by atoms with Crippen molar-refractivity contribution in [1.82, 2.24) is 14.8 Å². The van der Waals surface area contributed by atoms with Crippen molar-refractivity contribution in [1.29, 1.82) is 0 Å². The number of hydrogen-bond donors (Lipinski definition) is 1. The molecular weight excluding hydrogens is 422 g/mol. The number of benzene rings is 1. The minimum Gasteiger partial charge on any atom is -0.325 e. The molecule has 0 saturated carbocycles. The largest absolute Gasteiger partial charge is 0.325 e. The number of nitrogens with one attached hydrogen (secondary N) is 1. The van der Waals surface area contributed by atoms with Crippen LogP contribution in [0.1, 0.15) is 31.6 Å². The number of anilines is 1. The number of carbonyl (C=O) groups excluding carboxylic acids is 1. The number of nitro benzene ring substituents is 1. The fourth-order valence-corrected chi connectivity index (χ4v) is 4.64. The van der Waals surface area contributed by atoms with Gasteiger partial charge in [0.2, 0.25) is 5.91 Å². The average molecular weight is 446 g/mol. The van der Waals surface area contributed by atoms with Gasteiger partial charge in [0, 0.05) is 40.2 Å². The standard InChI is InChI=1S/C20H23N5O3S2/c1-3-5-17-11-14(12-29-17)19-22-23-20(24(19)10-4-2)30-13-18(26)21-15-6-8-16(9-7-15)25(27)28/h6-9,11-12H,3-5,10,13H2,1-2H3,(H,21,26). The predicted octanol–water partition coefficient (Wildman–Crippen LogP) is 5.01. The Labute approximate surface area is 182 Å². The number of nitrogens with zero attached hydrogens (tertiary/aromatic N) is 4. The summed E-state index contributed by atoms with van der Waals surface area (Å²) < 4.78 is 2.06. The van der Waals surface area contributed by atoms with Crippen LogP contribution in [0.4, 0.5) is 11.4 Å². The lowest BCUT2D eigenvalue weighted by Gasteiger charge is -2.08. The molecule has 0 aliphatic heterocycles. The van der Waals surface area contributed by atoms with Crippen molar-refractivity contribution in [3.8, 4) is 11.4 Å². The van der Waals surface area contributed by atoms with Crippen molar-refractivity contribution in [2.24, 2.45) is 0 Å². The first-order chi connectivity index (χ1) is 14.5. The number of carbonyl (C=O) groups is 1. The molecule has 158 valence electrons. The minimum absolute atomic E-state index is 0.0157. The fraction of sp³-hybridized carbons (Fsp3) is 0.350. The molecule has 1 N–H and O–H groups in total. The number of thioether (sulfide) groups is 1. The number of thiophene rings is 1. The highest BCUT2D eigenvalue weighted by molar-refractivity contribution is 7.99. The SMILES string of the molecule is CCCc1cc(-c2nnc(SCC(=O)Nc3ccc([N+](=O)[O-])cc3)n2CCC)cs1. The van der Waals surface area contributed by atoms with Gasteiger partial charge in [0.1, 0.15) is 0 Å².